The number of hydrogen-bond donors (Lipinski definition) is 5. The Morgan fingerprint density at radius 2 is 1.89 bits per heavy atom. The van der Waals surface area contributed by atoms with E-state index in [-0.39, 0.29) is 6.42 Å². The number of aliphatic hydroxyl groups excluding tert-OH is 4. The molecule has 1 saturated heterocycles. The zero-order valence-corrected chi connectivity index (χ0v) is 10.5. The maximum Gasteiger partial charge on any atom is 0.305 e. The highest BCUT2D eigenvalue weighted by Crippen LogP contribution is 2.24. The topological polar surface area (TPSA) is 137 Å². The van der Waals surface area contributed by atoms with Crippen LogP contribution in [0.4, 0.5) is 0 Å². The lowest BCUT2D eigenvalue weighted by molar-refractivity contribution is -0.311. The number of hydrogen-bond acceptors (Lipinski definition) is 7. The first-order valence-corrected chi connectivity index (χ1v) is 6.08. The van der Waals surface area contributed by atoms with Crippen LogP contribution in [0.3, 0.4) is 0 Å². The molecule has 1 aliphatic heterocycles. The Morgan fingerprint density at radius 3 is 2.37 bits per heavy atom. The molecule has 2 unspecified atom stereocenters. The fourth-order valence-corrected chi connectivity index (χ4v) is 1.85. The van der Waals surface area contributed by atoms with Crippen LogP contribution >= 0.6 is 0 Å². The fourth-order valence-electron chi connectivity index (χ4n) is 1.85. The number of carboxylic acids is 1. The third-order valence-electron chi connectivity index (χ3n) is 3.03. The lowest BCUT2D eigenvalue weighted by Crippen LogP contribution is -2.59. The van der Waals surface area contributed by atoms with Gasteiger partial charge < -0.3 is 35.0 Å². The van der Waals surface area contributed by atoms with Gasteiger partial charge in [-0.15, -0.1) is 0 Å². The summed E-state index contributed by atoms with van der Waals surface area (Å²) < 4.78 is 10.4. The second-order valence-electron chi connectivity index (χ2n) is 4.46. The molecule has 0 aromatic carbocycles. The molecule has 5 N–H and O–H groups in total. The first-order valence-electron chi connectivity index (χ1n) is 6.08. The lowest BCUT2D eigenvalue weighted by Gasteiger charge is -2.40. The van der Waals surface area contributed by atoms with Crippen molar-refractivity contribution in [1.29, 1.82) is 0 Å². The molecule has 1 rings (SSSR count). The van der Waals surface area contributed by atoms with E-state index in [4.69, 9.17) is 19.7 Å². The number of aliphatic hydroxyl groups is 4. The van der Waals surface area contributed by atoms with Crippen molar-refractivity contribution in [2.75, 3.05) is 6.61 Å². The molecule has 0 bridgehead atoms. The Hall–Kier alpha value is -0.770. The average Bonchev–Trinajstić information content (AvgIpc) is 2.37. The van der Waals surface area contributed by atoms with E-state index in [1.807, 2.05) is 0 Å². The Balaban J connectivity index is 2.67. The van der Waals surface area contributed by atoms with Crippen molar-refractivity contribution in [2.45, 2.75) is 56.6 Å². The van der Waals surface area contributed by atoms with Crippen LogP contribution in [-0.4, -0.2) is 74.9 Å². The van der Waals surface area contributed by atoms with Gasteiger partial charge >= 0.3 is 5.97 Å². The summed E-state index contributed by atoms with van der Waals surface area (Å²) in [6, 6.07) is 0. The summed E-state index contributed by atoms with van der Waals surface area (Å²) in [7, 11) is 0. The van der Waals surface area contributed by atoms with Gasteiger partial charge in [0.2, 0.25) is 0 Å². The van der Waals surface area contributed by atoms with Crippen molar-refractivity contribution in [3.8, 4) is 0 Å². The fraction of sp³-hybridized carbons (Fsp3) is 0.909. The smallest absolute Gasteiger partial charge is 0.305 e. The van der Waals surface area contributed by atoms with E-state index in [1.165, 1.54) is 0 Å². The molecule has 8 heteroatoms. The predicted octanol–water partition coefficient (Wildman–Crippen LogP) is -1.94. The van der Waals surface area contributed by atoms with Crippen LogP contribution < -0.4 is 0 Å². The Bertz CT molecular complexity index is 294. The van der Waals surface area contributed by atoms with Crippen molar-refractivity contribution in [1.82, 2.24) is 0 Å². The van der Waals surface area contributed by atoms with Crippen LogP contribution in [0.25, 0.3) is 0 Å². The highest BCUT2D eigenvalue weighted by atomic mass is 16.7. The monoisotopic (exact) mass is 280 g/mol. The lowest BCUT2D eigenvalue weighted by atomic mass is 9.99. The van der Waals surface area contributed by atoms with Gasteiger partial charge in [-0.25, -0.2) is 0 Å². The summed E-state index contributed by atoms with van der Waals surface area (Å²) in [5.74, 6) is -1.06. The zero-order valence-electron chi connectivity index (χ0n) is 10.5. The first-order chi connectivity index (χ1) is 8.90. The third-order valence-corrected chi connectivity index (χ3v) is 3.03. The van der Waals surface area contributed by atoms with Gasteiger partial charge in [-0.2, -0.15) is 0 Å². The molecule has 112 valence electrons. The molecule has 0 aromatic rings. The van der Waals surface area contributed by atoms with Gasteiger partial charge in [0.1, 0.15) is 24.4 Å². The maximum absolute atomic E-state index is 10.6. The summed E-state index contributed by atoms with van der Waals surface area (Å²) in [6.07, 6.45) is -7.45. The van der Waals surface area contributed by atoms with Crippen LogP contribution in [0.5, 0.6) is 0 Å². The molecule has 8 nitrogen and oxygen atoms in total. The Kier molecular flexibility index (Phi) is 6.11. The van der Waals surface area contributed by atoms with Crippen molar-refractivity contribution in [3.05, 3.63) is 0 Å². The quantitative estimate of drug-likeness (QED) is 0.379. The molecule has 1 fully saturated rings. The molecule has 0 spiro atoms. The second-order valence-corrected chi connectivity index (χ2v) is 4.46. The number of aliphatic carboxylic acids is 1. The van der Waals surface area contributed by atoms with Crippen molar-refractivity contribution in [3.63, 3.8) is 0 Å². The Labute approximate surface area is 110 Å². The van der Waals surface area contributed by atoms with Crippen LogP contribution in [0.15, 0.2) is 0 Å². The van der Waals surface area contributed by atoms with Crippen LogP contribution in [0, 0.1) is 0 Å². The minimum Gasteiger partial charge on any atom is -0.481 e. The zero-order chi connectivity index (χ0) is 14.6. The SMILES string of the molecule is CCC(CC(=O)O)OC1O[C@H](CO)[C@H](O)[C@H](O)[C@H]1O. The second kappa shape index (κ2) is 7.13. The van der Waals surface area contributed by atoms with E-state index < -0.39 is 49.4 Å². The molecule has 0 aliphatic carbocycles. The van der Waals surface area contributed by atoms with Crippen molar-refractivity contribution < 1.29 is 39.8 Å². The summed E-state index contributed by atoms with van der Waals surface area (Å²) >= 11 is 0. The number of ether oxygens (including phenoxy) is 2. The minimum atomic E-state index is -1.53. The van der Waals surface area contributed by atoms with Gasteiger partial charge in [-0.1, -0.05) is 6.92 Å². The summed E-state index contributed by atoms with van der Waals surface area (Å²) in [6.45, 7) is 1.15. The predicted molar refractivity (Wildman–Crippen MR) is 61.2 cm³/mol. The van der Waals surface area contributed by atoms with Gasteiger partial charge in [0.25, 0.3) is 0 Å². The van der Waals surface area contributed by atoms with E-state index in [1.54, 1.807) is 6.92 Å². The normalized spacial score (nSPS) is 37.0. The van der Waals surface area contributed by atoms with Crippen LogP contribution in [0.1, 0.15) is 19.8 Å². The molecular formula is C11H20O8. The summed E-state index contributed by atoms with van der Waals surface area (Å²) in [4.78, 5) is 10.6. The van der Waals surface area contributed by atoms with Gasteiger partial charge in [-0.3, -0.25) is 4.79 Å². The third kappa shape index (κ3) is 4.10. The van der Waals surface area contributed by atoms with Gasteiger partial charge in [-0.05, 0) is 6.42 Å². The standard InChI is InChI=1S/C11H20O8/c1-2-5(3-7(13)14)18-11-10(17)9(16)8(15)6(4-12)19-11/h5-6,8-12,15-17H,2-4H2,1H3,(H,13,14)/t5?,6-,8+,9+,10-,11?/m1/s1. The molecule has 1 heterocycles. The summed E-state index contributed by atoms with van der Waals surface area (Å²) in [5.41, 5.74) is 0. The van der Waals surface area contributed by atoms with E-state index >= 15 is 0 Å². The number of rotatable bonds is 6. The molecule has 1 aliphatic rings. The van der Waals surface area contributed by atoms with Crippen LogP contribution in [0.2, 0.25) is 0 Å². The van der Waals surface area contributed by atoms with Gasteiger partial charge in [0, 0.05) is 0 Å². The molecule has 0 aromatic heterocycles. The molecule has 19 heavy (non-hydrogen) atoms. The largest absolute Gasteiger partial charge is 0.481 e. The molecule has 0 radical (unpaired) electrons. The molecule has 6 atom stereocenters. The van der Waals surface area contributed by atoms with E-state index in [2.05, 4.69) is 0 Å². The van der Waals surface area contributed by atoms with Crippen LogP contribution in [-0.2, 0) is 14.3 Å². The van der Waals surface area contributed by atoms with Crippen molar-refractivity contribution >= 4 is 5.97 Å². The van der Waals surface area contributed by atoms with Crippen molar-refractivity contribution in [2.24, 2.45) is 0 Å². The highest BCUT2D eigenvalue weighted by Gasteiger charge is 2.44. The summed E-state index contributed by atoms with van der Waals surface area (Å²) in [5, 5.41) is 46.5. The highest BCUT2D eigenvalue weighted by molar-refractivity contribution is 5.67. The first kappa shape index (κ1) is 16.3. The van der Waals surface area contributed by atoms with E-state index in [0.717, 1.165) is 0 Å². The number of carbonyl (C=O) groups is 1. The van der Waals surface area contributed by atoms with Gasteiger partial charge in [0.05, 0.1) is 19.1 Å². The molecular weight excluding hydrogens is 260 g/mol. The number of carboxylic acid groups (broad SMARTS) is 1. The Morgan fingerprint density at radius 1 is 1.26 bits per heavy atom. The maximum atomic E-state index is 10.6. The minimum absolute atomic E-state index is 0.272. The molecule has 0 amide bonds. The van der Waals surface area contributed by atoms with E-state index in [9.17, 15) is 20.1 Å². The average molecular weight is 280 g/mol. The van der Waals surface area contributed by atoms with Gasteiger partial charge in [0.15, 0.2) is 6.29 Å². The van der Waals surface area contributed by atoms with E-state index in [0.29, 0.717) is 6.42 Å². The molecule has 0 saturated carbocycles.